The third-order valence-electron chi connectivity index (χ3n) is 3.09. The Hall–Kier alpha value is -2.96. The number of furan rings is 1. The fraction of sp³-hybridized carbons (Fsp3) is 0.200. The van der Waals surface area contributed by atoms with Gasteiger partial charge in [-0.1, -0.05) is 5.16 Å². The summed E-state index contributed by atoms with van der Waals surface area (Å²) in [6.45, 7) is 3.69. The van der Waals surface area contributed by atoms with Crippen molar-refractivity contribution in [2.45, 2.75) is 20.4 Å². The number of rotatable bonds is 4. The van der Waals surface area contributed by atoms with Crippen molar-refractivity contribution in [3.05, 3.63) is 53.6 Å². The van der Waals surface area contributed by atoms with E-state index in [0.717, 1.165) is 5.56 Å². The summed E-state index contributed by atoms with van der Waals surface area (Å²) in [6, 6.07) is 5.26. The van der Waals surface area contributed by atoms with Crippen molar-refractivity contribution in [2.24, 2.45) is 0 Å². The van der Waals surface area contributed by atoms with Crippen LogP contribution in [0.3, 0.4) is 0 Å². The van der Waals surface area contributed by atoms with Crippen LogP contribution in [-0.2, 0) is 6.54 Å². The van der Waals surface area contributed by atoms with Crippen molar-refractivity contribution in [3.63, 3.8) is 0 Å². The van der Waals surface area contributed by atoms with Gasteiger partial charge < -0.3 is 14.3 Å². The number of carbonyl (C=O) groups excluding carboxylic acids is 1. The zero-order valence-electron chi connectivity index (χ0n) is 12.2. The Kier molecular flexibility index (Phi) is 3.69. The minimum absolute atomic E-state index is 0.153. The number of aryl methyl sites for hydroxylation is 2. The smallest absolute Gasteiger partial charge is 0.255 e. The molecule has 7 nitrogen and oxygen atoms in total. The average molecular weight is 298 g/mol. The summed E-state index contributed by atoms with van der Waals surface area (Å²) in [5, 5.41) is 6.60. The van der Waals surface area contributed by atoms with Gasteiger partial charge in [-0.3, -0.25) is 9.78 Å². The first-order chi connectivity index (χ1) is 10.6. The molecule has 0 unspecified atom stereocenters. The van der Waals surface area contributed by atoms with Crippen LogP contribution in [0.4, 0.5) is 0 Å². The second kappa shape index (κ2) is 5.80. The molecular formula is C15H14N4O3. The number of hydrogen-bond donors (Lipinski definition) is 1. The molecule has 0 atom stereocenters. The van der Waals surface area contributed by atoms with E-state index >= 15 is 0 Å². The van der Waals surface area contributed by atoms with Gasteiger partial charge in [0.05, 0.1) is 12.1 Å². The minimum atomic E-state index is -0.238. The molecule has 0 aliphatic rings. The Morgan fingerprint density at radius 2 is 2.05 bits per heavy atom. The lowest BCUT2D eigenvalue weighted by atomic mass is 10.2. The van der Waals surface area contributed by atoms with Crippen LogP contribution in [-0.4, -0.2) is 21.0 Å². The average Bonchev–Trinajstić information content (AvgIpc) is 3.12. The lowest BCUT2D eigenvalue weighted by Gasteiger charge is -1.99. The van der Waals surface area contributed by atoms with Crippen LogP contribution in [0.25, 0.3) is 11.4 Å². The maximum atomic E-state index is 12.1. The van der Waals surface area contributed by atoms with Crippen LogP contribution in [0.5, 0.6) is 0 Å². The van der Waals surface area contributed by atoms with Crippen molar-refractivity contribution < 1.29 is 13.7 Å². The largest absolute Gasteiger partial charge is 0.466 e. The van der Waals surface area contributed by atoms with Gasteiger partial charge in [0.1, 0.15) is 11.5 Å². The third kappa shape index (κ3) is 2.88. The molecule has 1 amide bonds. The number of pyridine rings is 1. The highest BCUT2D eigenvalue weighted by molar-refractivity contribution is 5.95. The molecule has 22 heavy (non-hydrogen) atoms. The second-order valence-corrected chi connectivity index (χ2v) is 4.76. The summed E-state index contributed by atoms with van der Waals surface area (Å²) < 4.78 is 10.5. The van der Waals surface area contributed by atoms with Crippen LogP contribution < -0.4 is 5.32 Å². The van der Waals surface area contributed by atoms with Gasteiger partial charge in [-0.2, -0.15) is 4.98 Å². The molecule has 0 saturated heterocycles. The molecule has 0 aromatic carbocycles. The molecule has 0 aliphatic heterocycles. The molecule has 0 fully saturated rings. The van der Waals surface area contributed by atoms with E-state index in [1.54, 1.807) is 44.4 Å². The van der Waals surface area contributed by atoms with Gasteiger partial charge >= 0.3 is 0 Å². The number of nitrogens with zero attached hydrogens (tertiary/aromatic N) is 3. The van der Waals surface area contributed by atoms with Crippen molar-refractivity contribution in [1.29, 1.82) is 0 Å². The van der Waals surface area contributed by atoms with E-state index in [1.165, 1.54) is 0 Å². The maximum absolute atomic E-state index is 12.1. The summed E-state index contributed by atoms with van der Waals surface area (Å²) in [4.78, 5) is 20.2. The fourth-order valence-electron chi connectivity index (χ4n) is 2.05. The van der Waals surface area contributed by atoms with Crippen molar-refractivity contribution >= 4 is 5.91 Å². The monoisotopic (exact) mass is 298 g/mol. The molecule has 3 rings (SSSR count). The van der Waals surface area contributed by atoms with Crippen LogP contribution in [0.1, 0.15) is 27.8 Å². The molecule has 0 spiro atoms. The molecule has 3 heterocycles. The van der Waals surface area contributed by atoms with Gasteiger partial charge in [-0.05, 0) is 32.0 Å². The summed E-state index contributed by atoms with van der Waals surface area (Å²) in [6.07, 6.45) is 3.30. The predicted octanol–water partition coefficient (Wildman–Crippen LogP) is 2.27. The third-order valence-corrected chi connectivity index (χ3v) is 3.09. The normalized spacial score (nSPS) is 10.6. The van der Waals surface area contributed by atoms with Gasteiger partial charge in [-0.15, -0.1) is 0 Å². The summed E-state index contributed by atoms with van der Waals surface area (Å²) >= 11 is 0. The van der Waals surface area contributed by atoms with Gasteiger partial charge in [0, 0.05) is 18.0 Å². The molecule has 0 bridgehead atoms. The zero-order chi connectivity index (χ0) is 15.5. The highest BCUT2D eigenvalue weighted by Gasteiger charge is 2.15. The number of hydrogen-bond acceptors (Lipinski definition) is 6. The predicted molar refractivity (Wildman–Crippen MR) is 76.9 cm³/mol. The molecule has 112 valence electrons. The van der Waals surface area contributed by atoms with Gasteiger partial charge in [-0.25, -0.2) is 0 Å². The zero-order valence-corrected chi connectivity index (χ0v) is 12.2. The van der Waals surface area contributed by atoms with Crippen LogP contribution in [0, 0.1) is 13.8 Å². The van der Waals surface area contributed by atoms with Gasteiger partial charge in [0.2, 0.25) is 11.7 Å². The molecule has 0 aliphatic carbocycles. The number of aromatic nitrogens is 3. The van der Waals surface area contributed by atoms with E-state index in [4.69, 9.17) is 8.94 Å². The SMILES string of the molecule is Cc1cc(C(=O)NCc2nc(-c3ccncc3)no2)c(C)o1. The summed E-state index contributed by atoms with van der Waals surface area (Å²) in [5.74, 6) is 1.83. The van der Waals surface area contributed by atoms with E-state index in [0.29, 0.717) is 28.8 Å². The van der Waals surface area contributed by atoms with Gasteiger partial charge in [0.25, 0.3) is 5.91 Å². The molecule has 3 aromatic rings. The molecule has 0 saturated carbocycles. The van der Waals surface area contributed by atoms with Crippen molar-refractivity contribution in [2.75, 3.05) is 0 Å². The van der Waals surface area contributed by atoms with E-state index in [2.05, 4.69) is 20.4 Å². The summed E-state index contributed by atoms with van der Waals surface area (Å²) in [7, 11) is 0. The van der Waals surface area contributed by atoms with E-state index < -0.39 is 0 Å². The summed E-state index contributed by atoms with van der Waals surface area (Å²) in [5.41, 5.74) is 1.31. The molecule has 7 heteroatoms. The minimum Gasteiger partial charge on any atom is -0.466 e. The Bertz CT molecular complexity index is 792. The molecule has 0 radical (unpaired) electrons. The maximum Gasteiger partial charge on any atom is 0.255 e. The molecular weight excluding hydrogens is 284 g/mol. The van der Waals surface area contributed by atoms with E-state index in [9.17, 15) is 4.79 Å². The van der Waals surface area contributed by atoms with Gasteiger partial charge in [0.15, 0.2) is 0 Å². The fourth-order valence-corrected chi connectivity index (χ4v) is 2.05. The van der Waals surface area contributed by atoms with E-state index in [1.807, 2.05) is 0 Å². The Morgan fingerprint density at radius 3 is 2.73 bits per heavy atom. The topological polar surface area (TPSA) is 94.1 Å². The highest BCUT2D eigenvalue weighted by Crippen LogP contribution is 2.15. The van der Waals surface area contributed by atoms with Crippen LogP contribution in [0.2, 0.25) is 0 Å². The second-order valence-electron chi connectivity index (χ2n) is 4.76. The lowest BCUT2D eigenvalue weighted by Crippen LogP contribution is -2.23. The number of nitrogens with one attached hydrogen (secondary N) is 1. The number of carbonyl (C=O) groups is 1. The first-order valence-corrected chi connectivity index (χ1v) is 6.71. The standard InChI is InChI=1S/C15H14N4O3/c1-9-7-12(10(2)21-9)15(20)17-8-13-18-14(19-22-13)11-3-5-16-6-4-11/h3-7H,8H2,1-2H3,(H,17,20). The lowest BCUT2D eigenvalue weighted by molar-refractivity contribution is 0.0944. The Balaban J connectivity index is 1.66. The Morgan fingerprint density at radius 1 is 1.27 bits per heavy atom. The first-order valence-electron chi connectivity index (χ1n) is 6.71. The van der Waals surface area contributed by atoms with Crippen molar-refractivity contribution in [3.8, 4) is 11.4 Å². The van der Waals surface area contributed by atoms with Crippen molar-refractivity contribution in [1.82, 2.24) is 20.4 Å². The highest BCUT2D eigenvalue weighted by atomic mass is 16.5. The first kappa shape index (κ1) is 14.0. The molecule has 3 aromatic heterocycles. The number of amides is 1. The molecule has 1 N–H and O–H groups in total. The van der Waals surface area contributed by atoms with E-state index in [-0.39, 0.29) is 12.5 Å². The van der Waals surface area contributed by atoms with Crippen LogP contribution >= 0.6 is 0 Å². The quantitative estimate of drug-likeness (QED) is 0.794. The Labute approximate surface area is 126 Å². The van der Waals surface area contributed by atoms with Crippen LogP contribution in [0.15, 0.2) is 39.5 Å².